The highest BCUT2D eigenvalue weighted by Gasteiger charge is 2.15. The lowest BCUT2D eigenvalue weighted by atomic mass is 10.1. The van der Waals surface area contributed by atoms with Crippen LogP contribution in [-0.2, 0) is 10.0 Å². The van der Waals surface area contributed by atoms with Gasteiger partial charge in [-0.05, 0) is 37.6 Å². The monoisotopic (exact) mass is 332 g/mol. The minimum atomic E-state index is -3.38. The molecule has 0 radical (unpaired) electrons. The van der Waals surface area contributed by atoms with Crippen LogP contribution in [0.15, 0.2) is 48.5 Å². The van der Waals surface area contributed by atoms with E-state index in [0.717, 1.165) is 11.8 Å². The number of amides is 1. The Labute approximate surface area is 136 Å². The van der Waals surface area contributed by atoms with Crippen LogP contribution < -0.4 is 10.0 Å². The number of rotatable bonds is 5. The summed E-state index contributed by atoms with van der Waals surface area (Å²) in [5.74, 6) is -0.202. The Hall–Kier alpha value is -2.34. The van der Waals surface area contributed by atoms with Gasteiger partial charge in [-0.1, -0.05) is 35.9 Å². The molecule has 0 saturated heterocycles. The Bertz CT molecular complexity index is 799. The fourth-order valence-electron chi connectivity index (χ4n) is 2.23. The van der Waals surface area contributed by atoms with Crippen molar-refractivity contribution in [1.82, 2.24) is 5.32 Å². The SMILES string of the molecule is Cc1ccc(C(=O)NC(C)c2ccccc2NS(C)(=O)=O)cc1. The molecule has 6 heteroatoms. The standard InChI is InChI=1S/C17H20N2O3S/c1-12-8-10-14(11-9-12)17(20)18-13(2)15-6-4-5-7-16(15)19-23(3,21)22/h4-11,13,19H,1-3H3,(H,18,20). The van der Waals surface area contributed by atoms with Crippen molar-refractivity contribution in [2.75, 3.05) is 11.0 Å². The number of aryl methyl sites for hydroxylation is 1. The summed E-state index contributed by atoms with van der Waals surface area (Å²) in [6, 6.07) is 13.9. The Morgan fingerprint density at radius 1 is 1.04 bits per heavy atom. The molecule has 2 N–H and O–H groups in total. The van der Waals surface area contributed by atoms with Crippen LogP contribution in [-0.4, -0.2) is 20.6 Å². The lowest BCUT2D eigenvalue weighted by Crippen LogP contribution is -2.27. The third kappa shape index (κ3) is 4.82. The van der Waals surface area contributed by atoms with Gasteiger partial charge in [-0.25, -0.2) is 8.42 Å². The Balaban J connectivity index is 2.19. The Kier molecular flexibility index (Phi) is 5.05. The molecule has 0 aliphatic heterocycles. The predicted molar refractivity (Wildman–Crippen MR) is 92.0 cm³/mol. The van der Waals surface area contributed by atoms with E-state index in [1.165, 1.54) is 0 Å². The van der Waals surface area contributed by atoms with Gasteiger partial charge in [0.1, 0.15) is 0 Å². The van der Waals surface area contributed by atoms with E-state index in [-0.39, 0.29) is 11.9 Å². The van der Waals surface area contributed by atoms with Crippen molar-refractivity contribution in [1.29, 1.82) is 0 Å². The van der Waals surface area contributed by atoms with Crippen LogP contribution in [0.5, 0.6) is 0 Å². The van der Waals surface area contributed by atoms with Gasteiger partial charge in [-0.3, -0.25) is 9.52 Å². The lowest BCUT2D eigenvalue weighted by Gasteiger charge is -2.18. The second-order valence-electron chi connectivity index (χ2n) is 5.52. The number of para-hydroxylation sites is 1. The molecule has 1 unspecified atom stereocenters. The number of hydrogen-bond acceptors (Lipinski definition) is 3. The zero-order valence-electron chi connectivity index (χ0n) is 13.3. The van der Waals surface area contributed by atoms with E-state index >= 15 is 0 Å². The molecular weight excluding hydrogens is 312 g/mol. The maximum absolute atomic E-state index is 12.3. The van der Waals surface area contributed by atoms with Crippen molar-refractivity contribution >= 4 is 21.6 Å². The van der Waals surface area contributed by atoms with E-state index in [9.17, 15) is 13.2 Å². The molecule has 1 atom stereocenters. The van der Waals surface area contributed by atoms with Gasteiger partial charge in [-0.15, -0.1) is 0 Å². The van der Waals surface area contributed by atoms with Crippen LogP contribution in [0, 0.1) is 6.92 Å². The molecule has 23 heavy (non-hydrogen) atoms. The van der Waals surface area contributed by atoms with Crippen LogP contribution in [0.3, 0.4) is 0 Å². The normalized spacial score (nSPS) is 12.5. The molecular formula is C17H20N2O3S. The summed E-state index contributed by atoms with van der Waals surface area (Å²) < 4.78 is 25.4. The first-order valence-corrected chi connectivity index (χ1v) is 9.09. The maximum atomic E-state index is 12.3. The van der Waals surface area contributed by atoms with Gasteiger partial charge in [0, 0.05) is 5.56 Å². The van der Waals surface area contributed by atoms with Crippen LogP contribution in [0.4, 0.5) is 5.69 Å². The molecule has 0 saturated carbocycles. The number of nitrogens with one attached hydrogen (secondary N) is 2. The van der Waals surface area contributed by atoms with Gasteiger partial charge in [-0.2, -0.15) is 0 Å². The fourth-order valence-corrected chi connectivity index (χ4v) is 2.82. The van der Waals surface area contributed by atoms with E-state index in [4.69, 9.17) is 0 Å². The van der Waals surface area contributed by atoms with Gasteiger partial charge < -0.3 is 5.32 Å². The molecule has 0 fully saturated rings. The summed E-state index contributed by atoms with van der Waals surface area (Å²) in [6.45, 7) is 3.77. The lowest BCUT2D eigenvalue weighted by molar-refractivity contribution is 0.0940. The third-order valence-corrected chi connectivity index (χ3v) is 3.97. The zero-order chi connectivity index (χ0) is 17.0. The number of benzene rings is 2. The molecule has 0 aliphatic carbocycles. The molecule has 2 aromatic rings. The highest BCUT2D eigenvalue weighted by molar-refractivity contribution is 7.92. The summed E-state index contributed by atoms with van der Waals surface area (Å²) in [4.78, 5) is 12.3. The molecule has 1 amide bonds. The van der Waals surface area contributed by atoms with E-state index < -0.39 is 10.0 Å². The summed E-state index contributed by atoms with van der Waals surface area (Å²) in [6.07, 6.45) is 1.10. The van der Waals surface area contributed by atoms with E-state index in [0.29, 0.717) is 16.8 Å². The first-order valence-electron chi connectivity index (χ1n) is 7.20. The molecule has 122 valence electrons. The largest absolute Gasteiger partial charge is 0.345 e. The predicted octanol–water partition coefficient (Wildman–Crippen LogP) is 2.86. The van der Waals surface area contributed by atoms with Crippen molar-refractivity contribution in [2.45, 2.75) is 19.9 Å². The number of sulfonamides is 1. The summed E-state index contributed by atoms with van der Waals surface area (Å²) in [5.41, 5.74) is 2.82. The quantitative estimate of drug-likeness (QED) is 0.884. The summed E-state index contributed by atoms with van der Waals surface area (Å²) in [7, 11) is -3.38. The molecule has 0 aliphatic rings. The smallest absolute Gasteiger partial charge is 0.251 e. The van der Waals surface area contributed by atoms with Crippen molar-refractivity contribution < 1.29 is 13.2 Å². The molecule has 5 nitrogen and oxygen atoms in total. The van der Waals surface area contributed by atoms with Gasteiger partial charge in [0.15, 0.2) is 0 Å². The number of carbonyl (C=O) groups is 1. The highest BCUT2D eigenvalue weighted by atomic mass is 32.2. The topological polar surface area (TPSA) is 75.3 Å². The van der Waals surface area contributed by atoms with Gasteiger partial charge in [0.2, 0.25) is 10.0 Å². The molecule has 0 heterocycles. The second-order valence-corrected chi connectivity index (χ2v) is 7.27. The van der Waals surface area contributed by atoms with Gasteiger partial charge in [0.25, 0.3) is 5.91 Å². The van der Waals surface area contributed by atoms with Crippen molar-refractivity contribution in [2.24, 2.45) is 0 Å². The second kappa shape index (κ2) is 6.83. The molecule has 2 rings (SSSR count). The van der Waals surface area contributed by atoms with Crippen LogP contribution in [0.2, 0.25) is 0 Å². The molecule has 0 spiro atoms. The van der Waals surface area contributed by atoms with Crippen molar-refractivity contribution in [3.63, 3.8) is 0 Å². The van der Waals surface area contributed by atoms with E-state index in [2.05, 4.69) is 10.0 Å². The molecule has 0 bridgehead atoms. The van der Waals surface area contributed by atoms with Gasteiger partial charge >= 0.3 is 0 Å². The Morgan fingerprint density at radius 3 is 2.26 bits per heavy atom. The average molecular weight is 332 g/mol. The van der Waals surface area contributed by atoms with E-state index in [1.807, 2.05) is 26.0 Å². The average Bonchev–Trinajstić information content (AvgIpc) is 2.46. The minimum absolute atomic E-state index is 0.202. The third-order valence-electron chi connectivity index (χ3n) is 3.38. The number of carbonyl (C=O) groups excluding carboxylic acids is 1. The molecule has 0 aromatic heterocycles. The fraction of sp³-hybridized carbons (Fsp3) is 0.235. The highest BCUT2D eigenvalue weighted by Crippen LogP contribution is 2.23. The maximum Gasteiger partial charge on any atom is 0.251 e. The first-order chi connectivity index (χ1) is 10.8. The molecule has 2 aromatic carbocycles. The Morgan fingerprint density at radius 2 is 1.65 bits per heavy atom. The summed E-state index contributed by atoms with van der Waals surface area (Å²) >= 11 is 0. The van der Waals surface area contributed by atoms with Crippen LogP contribution in [0.25, 0.3) is 0 Å². The summed E-state index contributed by atoms with van der Waals surface area (Å²) in [5, 5.41) is 2.88. The van der Waals surface area contributed by atoms with Crippen molar-refractivity contribution in [3.05, 3.63) is 65.2 Å². The minimum Gasteiger partial charge on any atom is -0.345 e. The van der Waals surface area contributed by atoms with Gasteiger partial charge in [0.05, 0.1) is 18.0 Å². The zero-order valence-corrected chi connectivity index (χ0v) is 14.1. The van der Waals surface area contributed by atoms with E-state index in [1.54, 1.807) is 36.4 Å². The van der Waals surface area contributed by atoms with Crippen molar-refractivity contribution in [3.8, 4) is 0 Å². The van der Waals surface area contributed by atoms with Crippen LogP contribution in [0.1, 0.15) is 34.5 Å². The number of hydrogen-bond donors (Lipinski definition) is 2. The van der Waals surface area contributed by atoms with Crippen LogP contribution >= 0.6 is 0 Å². The number of anilines is 1. The first kappa shape index (κ1) is 17.0.